The van der Waals surface area contributed by atoms with Crippen LogP contribution in [0.1, 0.15) is 30.8 Å². The lowest BCUT2D eigenvalue weighted by Gasteiger charge is -2.15. The number of aryl methyl sites for hydroxylation is 1. The molecule has 1 fully saturated rings. The fraction of sp³-hybridized carbons (Fsp3) is 0.636. The van der Waals surface area contributed by atoms with Crippen molar-refractivity contribution in [2.75, 3.05) is 0 Å². The first kappa shape index (κ1) is 10.5. The summed E-state index contributed by atoms with van der Waals surface area (Å²) >= 11 is 0. The fourth-order valence-electron chi connectivity index (χ4n) is 2.02. The first-order chi connectivity index (χ1) is 7.25. The zero-order valence-electron chi connectivity index (χ0n) is 8.98. The maximum absolute atomic E-state index is 9.63. The number of hydrogen-bond acceptors (Lipinski definition) is 4. The van der Waals surface area contributed by atoms with Crippen molar-refractivity contribution in [2.45, 2.75) is 44.9 Å². The lowest BCUT2D eigenvalue weighted by Crippen LogP contribution is -2.35. The van der Waals surface area contributed by atoms with E-state index < -0.39 is 0 Å². The second kappa shape index (κ2) is 4.68. The van der Waals surface area contributed by atoms with Gasteiger partial charge in [0.25, 0.3) is 0 Å². The number of nitrogens with zero attached hydrogens (tertiary/aromatic N) is 2. The van der Waals surface area contributed by atoms with Gasteiger partial charge >= 0.3 is 0 Å². The quantitative estimate of drug-likeness (QED) is 0.769. The van der Waals surface area contributed by atoms with Gasteiger partial charge in [0.15, 0.2) is 0 Å². The smallest absolute Gasteiger partial charge is 0.125 e. The van der Waals surface area contributed by atoms with Crippen LogP contribution < -0.4 is 5.32 Å². The van der Waals surface area contributed by atoms with Crippen molar-refractivity contribution in [2.24, 2.45) is 0 Å². The molecule has 0 radical (unpaired) electrons. The summed E-state index contributed by atoms with van der Waals surface area (Å²) in [5.41, 5.74) is 0.988. The molecule has 15 heavy (non-hydrogen) atoms. The molecule has 2 atom stereocenters. The van der Waals surface area contributed by atoms with Crippen molar-refractivity contribution in [3.8, 4) is 0 Å². The molecule has 1 aromatic rings. The van der Waals surface area contributed by atoms with E-state index >= 15 is 0 Å². The molecule has 1 aliphatic carbocycles. The molecular weight excluding hydrogens is 190 g/mol. The summed E-state index contributed by atoms with van der Waals surface area (Å²) in [6.07, 6.45) is 4.67. The fourth-order valence-corrected chi connectivity index (χ4v) is 2.02. The van der Waals surface area contributed by atoms with Crippen LogP contribution in [0, 0.1) is 6.92 Å². The van der Waals surface area contributed by atoms with E-state index in [1.165, 1.54) is 0 Å². The predicted octanol–water partition coefficient (Wildman–Crippen LogP) is 0.788. The van der Waals surface area contributed by atoms with Gasteiger partial charge in [-0.3, -0.25) is 0 Å². The lowest BCUT2D eigenvalue weighted by atomic mass is 10.2. The molecule has 4 nitrogen and oxygen atoms in total. The van der Waals surface area contributed by atoms with Gasteiger partial charge in [-0.1, -0.05) is 0 Å². The van der Waals surface area contributed by atoms with Gasteiger partial charge in [0.05, 0.1) is 11.8 Å². The van der Waals surface area contributed by atoms with Gasteiger partial charge in [-0.05, 0) is 32.3 Å². The molecule has 0 aliphatic heterocycles. The van der Waals surface area contributed by atoms with Gasteiger partial charge < -0.3 is 10.4 Å². The minimum atomic E-state index is -0.187. The van der Waals surface area contributed by atoms with Gasteiger partial charge in [-0.25, -0.2) is 9.97 Å². The Bertz CT molecular complexity index is 329. The first-order valence-corrected chi connectivity index (χ1v) is 5.45. The molecule has 2 unspecified atom stereocenters. The van der Waals surface area contributed by atoms with Crippen LogP contribution >= 0.6 is 0 Å². The Hall–Kier alpha value is -1.00. The second-order valence-electron chi connectivity index (χ2n) is 4.08. The van der Waals surface area contributed by atoms with Crippen LogP contribution in [0.15, 0.2) is 12.3 Å². The topological polar surface area (TPSA) is 58.0 Å². The van der Waals surface area contributed by atoms with E-state index in [-0.39, 0.29) is 12.1 Å². The average molecular weight is 207 g/mol. The van der Waals surface area contributed by atoms with E-state index in [1.54, 1.807) is 6.20 Å². The summed E-state index contributed by atoms with van der Waals surface area (Å²) in [7, 11) is 0. The maximum atomic E-state index is 9.63. The monoisotopic (exact) mass is 207 g/mol. The molecular formula is C11H17N3O. The number of aliphatic hydroxyl groups is 1. The summed E-state index contributed by atoms with van der Waals surface area (Å²) in [5, 5.41) is 13.0. The van der Waals surface area contributed by atoms with Gasteiger partial charge in [-0.2, -0.15) is 0 Å². The normalized spacial score (nSPS) is 25.7. The molecule has 0 spiro atoms. The number of rotatable bonds is 3. The molecule has 4 heteroatoms. The van der Waals surface area contributed by atoms with Crippen molar-refractivity contribution in [1.29, 1.82) is 0 Å². The summed E-state index contributed by atoms with van der Waals surface area (Å²) in [5.74, 6) is 0.793. The summed E-state index contributed by atoms with van der Waals surface area (Å²) in [4.78, 5) is 8.35. The van der Waals surface area contributed by atoms with E-state index in [0.29, 0.717) is 6.54 Å². The molecule has 0 saturated heterocycles. The van der Waals surface area contributed by atoms with Crippen molar-refractivity contribution < 1.29 is 5.11 Å². The third-order valence-electron chi connectivity index (χ3n) is 2.86. The van der Waals surface area contributed by atoms with Gasteiger partial charge in [0.1, 0.15) is 5.82 Å². The molecule has 1 saturated carbocycles. The minimum Gasteiger partial charge on any atom is -0.392 e. The highest BCUT2D eigenvalue weighted by atomic mass is 16.3. The van der Waals surface area contributed by atoms with Crippen LogP contribution in [0.5, 0.6) is 0 Å². The maximum Gasteiger partial charge on any atom is 0.125 e. The number of hydrogen-bond donors (Lipinski definition) is 2. The Morgan fingerprint density at radius 1 is 1.53 bits per heavy atom. The molecule has 82 valence electrons. The summed E-state index contributed by atoms with van der Waals surface area (Å²) in [6.45, 7) is 2.60. The Kier molecular flexibility index (Phi) is 3.28. The van der Waals surface area contributed by atoms with Crippen molar-refractivity contribution >= 4 is 0 Å². The van der Waals surface area contributed by atoms with Gasteiger partial charge in [0, 0.05) is 18.8 Å². The van der Waals surface area contributed by atoms with E-state index in [4.69, 9.17) is 0 Å². The summed E-state index contributed by atoms with van der Waals surface area (Å²) in [6, 6.07) is 2.14. The second-order valence-corrected chi connectivity index (χ2v) is 4.08. The van der Waals surface area contributed by atoms with E-state index in [2.05, 4.69) is 15.3 Å². The Morgan fingerprint density at radius 2 is 2.40 bits per heavy atom. The van der Waals surface area contributed by atoms with E-state index in [0.717, 1.165) is 30.8 Å². The van der Waals surface area contributed by atoms with Crippen molar-refractivity contribution in [3.63, 3.8) is 0 Å². The van der Waals surface area contributed by atoms with E-state index in [1.807, 2.05) is 13.0 Å². The number of nitrogens with one attached hydrogen (secondary N) is 1. The van der Waals surface area contributed by atoms with Crippen molar-refractivity contribution in [1.82, 2.24) is 15.3 Å². The molecule has 0 aromatic carbocycles. The zero-order valence-corrected chi connectivity index (χ0v) is 8.98. The Labute approximate surface area is 89.8 Å². The predicted molar refractivity (Wildman–Crippen MR) is 57.3 cm³/mol. The largest absolute Gasteiger partial charge is 0.392 e. The molecule has 1 heterocycles. The third kappa shape index (κ3) is 2.73. The number of aliphatic hydroxyl groups excluding tert-OH is 1. The first-order valence-electron chi connectivity index (χ1n) is 5.45. The highest BCUT2D eigenvalue weighted by Gasteiger charge is 2.24. The highest BCUT2D eigenvalue weighted by molar-refractivity contribution is 5.01. The standard InChI is InChI=1S/C11H17N3O/c1-8-12-6-5-9(14-8)7-13-10-3-2-4-11(10)15/h5-6,10-11,13,15H,2-4,7H2,1H3. The van der Waals surface area contributed by atoms with E-state index in [9.17, 15) is 5.11 Å². The highest BCUT2D eigenvalue weighted by Crippen LogP contribution is 2.18. The van der Waals surface area contributed by atoms with Crippen LogP contribution in [-0.4, -0.2) is 27.2 Å². The number of aromatic nitrogens is 2. The molecule has 2 N–H and O–H groups in total. The van der Waals surface area contributed by atoms with Gasteiger partial charge in [0.2, 0.25) is 0 Å². The molecule has 1 aliphatic rings. The molecule has 0 amide bonds. The van der Waals surface area contributed by atoms with Crippen molar-refractivity contribution in [3.05, 3.63) is 23.8 Å². The van der Waals surface area contributed by atoms with Crippen LogP contribution in [0.25, 0.3) is 0 Å². The molecule has 2 rings (SSSR count). The van der Waals surface area contributed by atoms with Crippen LogP contribution in [-0.2, 0) is 6.54 Å². The van der Waals surface area contributed by atoms with Crippen LogP contribution in [0.3, 0.4) is 0 Å². The SMILES string of the molecule is Cc1nccc(CNC2CCCC2O)n1. The lowest BCUT2D eigenvalue weighted by molar-refractivity contribution is 0.148. The Morgan fingerprint density at radius 3 is 3.07 bits per heavy atom. The molecule has 1 aromatic heterocycles. The minimum absolute atomic E-state index is 0.187. The van der Waals surface area contributed by atoms with Crippen LogP contribution in [0.2, 0.25) is 0 Å². The molecule has 0 bridgehead atoms. The van der Waals surface area contributed by atoms with Gasteiger partial charge in [-0.15, -0.1) is 0 Å². The summed E-state index contributed by atoms with van der Waals surface area (Å²) < 4.78 is 0. The van der Waals surface area contributed by atoms with Crippen LogP contribution in [0.4, 0.5) is 0 Å². The Balaban J connectivity index is 1.87. The third-order valence-corrected chi connectivity index (χ3v) is 2.86. The average Bonchev–Trinajstić information content (AvgIpc) is 2.61. The zero-order chi connectivity index (χ0) is 10.7.